The Balaban J connectivity index is 3.13. The van der Waals surface area contributed by atoms with Crippen LogP contribution in [0, 0.1) is 4.91 Å². The highest BCUT2D eigenvalue weighted by Crippen LogP contribution is 2.14. The van der Waals surface area contributed by atoms with E-state index in [0.717, 1.165) is 4.57 Å². The molecule has 1 heterocycles. The number of aromatic nitrogens is 2. The molecule has 1 aromatic heterocycles. The molecule has 0 aliphatic heterocycles. The quantitative estimate of drug-likeness (QED) is 0.453. The number of rotatable bonds is 5. The monoisotopic (exact) mass is 228 g/mol. The Hall–Kier alpha value is -1.96. The zero-order chi connectivity index (χ0) is 12.1. The molecular weight excluding hydrogens is 216 g/mol. The SMILES string of the molecule is Cn1c(=O)[nH]c(NCCCO)c(N=O)c1=O. The molecule has 0 fully saturated rings. The highest BCUT2D eigenvalue weighted by atomic mass is 16.3. The van der Waals surface area contributed by atoms with Crippen molar-refractivity contribution in [3.8, 4) is 0 Å². The molecule has 0 atom stereocenters. The number of H-pyrrole nitrogens is 1. The van der Waals surface area contributed by atoms with Crippen LogP contribution in [0.2, 0.25) is 0 Å². The molecule has 8 nitrogen and oxygen atoms in total. The van der Waals surface area contributed by atoms with E-state index in [1.54, 1.807) is 0 Å². The van der Waals surface area contributed by atoms with Crippen molar-refractivity contribution in [2.75, 3.05) is 18.5 Å². The summed E-state index contributed by atoms with van der Waals surface area (Å²) in [4.78, 5) is 35.5. The molecule has 0 aliphatic rings. The second-order valence-electron chi connectivity index (χ2n) is 3.11. The van der Waals surface area contributed by atoms with Crippen LogP contribution in [-0.2, 0) is 7.05 Å². The van der Waals surface area contributed by atoms with Gasteiger partial charge >= 0.3 is 5.69 Å². The average Bonchev–Trinajstić information content (AvgIpc) is 2.27. The Morgan fingerprint density at radius 1 is 1.50 bits per heavy atom. The third-order valence-electron chi connectivity index (χ3n) is 2.01. The van der Waals surface area contributed by atoms with Crippen LogP contribution in [0.25, 0.3) is 0 Å². The van der Waals surface area contributed by atoms with E-state index in [1.165, 1.54) is 7.05 Å². The Bertz CT molecular complexity index is 490. The predicted molar refractivity (Wildman–Crippen MR) is 58.0 cm³/mol. The van der Waals surface area contributed by atoms with Crippen LogP contribution in [0.15, 0.2) is 14.8 Å². The van der Waals surface area contributed by atoms with Gasteiger partial charge in [-0.1, -0.05) is 0 Å². The summed E-state index contributed by atoms with van der Waals surface area (Å²) in [6, 6.07) is 0. The van der Waals surface area contributed by atoms with Gasteiger partial charge in [-0.2, -0.15) is 0 Å². The molecule has 0 saturated heterocycles. The van der Waals surface area contributed by atoms with Crippen LogP contribution in [0.4, 0.5) is 11.5 Å². The summed E-state index contributed by atoms with van der Waals surface area (Å²) in [5.41, 5.74) is -1.77. The topological polar surface area (TPSA) is 117 Å². The minimum atomic E-state index is -0.759. The maximum Gasteiger partial charge on any atom is 0.329 e. The average molecular weight is 228 g/mol. The van der Waals surface area contributed by atoms with Gasteiger partial charge in [0.05, 0.1) is 0 Å². The first-order chi connectivity index (χ1) is 7.61. The molecule has 0 unspecified atom stereocenters. The Morgan fingerprint density at radius 3 is 2.75 bits per heavy atom. The van der Waals surface area contributed by atoms with Crippen LogP contribution in [0.5, 0.6) is 0 Å². The normalized spacial score (nSPS) is 10.1. The molecule has 16 heavy (non-hydrogen) atoms. The first kappa shape index (κ1) is 12.1. The number of aliphatic hydroxyl groups is 1. The van der Waals surface area contributed by atoms with Crippen LogP contribution < -0.4 is 16.6 Å². The van der Waals surface area contributed by atoms with Crippen LogP contribution in [0.1, 0.15) is 6.42 Å². The second-order valence-corrected chi connectivity index (χ2v) is 3.11. The van der Waals surface area contributed by atoms with Crippen molar-refractivity contribution < 1.29 is 5.11 Å². The molecule has 0 bridgehead atoms. The van der Waals surface area contributed by atoms with Crippen LogP contribution in [0.3, 0.4) is 0 Å². The van der Waals surface area contributed by atoms with E-state index in [2.05, 4.69) is 15.5 Å². The van der Waals surface area contributed by atoms with Gasteiger partial charge in [-0.15, -0.1) is 4.91 Å². The lowest BCUT2D eigenvalue weighted by Gasteiger charge is -2.07. The summed E-state index contributed by atoms with van der Waals surface area (Å²) < 4.78 is 0.758. The molecule has 0 saturated carbocycles. The van der Waals surface area contributed by atoms with Gasteiger partial charge in [0.2, 0.25) is 5.69 Å². The predicted octanol–water partition coefficient (Wildman–Crippen LogP) is -0.734. The van der Waals surface area contributed by atoms with Gasteiger partial charge in [-0.05, 0) is 11.6 Å². The molecular formula is C8H12N4O4. The number of hydrogen-bond acceptors (Lipinski definition) is 6. The van der Waals surface area contributed by atoms with Gasteiger partial charge in [-0.3, -0.25) is 14.3 Å². The number of nitrogens with one attached hydrogen (secondary N) is 2. The van der Waals surface area contributed by atoms with Crippen LogP contribution >= 0.6 is 0 Å². The standard InChI is InChI=1S/C8H12N4O4/c1-12-7(14)5(11-16)6(10-8(12)15)9-3-2-4-13/h9,13H,2-4H2,1H3,(H,10,15). The number of aliphatic hydroxyl groups excluding tert-OH is 1. The summed E-state index contributed by atoms with van der Waals surface area (Å²) in [7, 11) is 1.24. The molecule has 1 rings (SSSR count). The third-order valence-corrected chi connectivity index (χ3v) is 2.01. The van der Waals surface area contributed by atoms with Crippen molar-refractivity contribution in [3.63, 3.8) is 0 Å². The fourth-order valence-electron chi connectivity index (χ4n) is 1.11. The number of anilines is 1. The maximum absolute atomic E-state index is 11.4. The van der Waals surface area contributed by atoms with Crippen LogP contribution in [-0.4, -0.2) is 27.8 Å². The van der Waals surface area contributed by atoms with Gasteiger partial charge in [0, 0.05) is 20.2 Å². The number of nitroso groups, excluding NO2 is 1. The minimum absolute atomic E-state index is 0.0171. The fourth-order valence-corrected chi connectivity index (χ4v) is 1.11. The van der Waals surface area contributed by atoms with Gasteiger partial charge < -0.3 is 10.4 Å². The van der Waals surface area contributed by atoms with E-state index >= 15 is 0 Å². The molecule has 0 amide bonds. The fraction of sp³-hybridized carbons (Fsp3) is 0.500. The second kappa shape index (κ2) is 5.21. The Morgan fingerprint density at radius 2 is 2.19 bits per heavy atom. The highest BCUT2D eigenvalue weighted by molar-refractivity contribution is 5.58. The zero-order valence-corrected chi connectivity index (χ0v) is 8.69. The number of hydrogen-bond donors (Lipinski definition) is 3. The lowest BCUT2D eigenvalue weighted by Crippen LogP contribution is -2.33. The Labute approximate surface area is 89.9 Å². The van der Waals surface area contributed by atoms with E-state index in [1.807, 2.05) is 0 Å². The highest BCUT2D eigenvalue weighted by Gasteiger charge is 2.11. The first-order valence-corrected chi connectivity index (χ1v) is 4.63. The number of aromatic amines is 1. The van der Waals surface area contributed by atoms with E-state index in [4.69, 9.17) is 5.11 Å². The molecule has 3 N–H and O–H groups in total. The van der Waals surface area contributed by atoms with Gasteiger partial charge in [0.25, 0.3) is 5.56 Å². The number of nitrogens with zero attached hydrogens (tertiary/aromatic N) is 2. The molecule has 0 radical (unpaired) electrons. The van der Waals surface area contributed by atoms with Crippen molar-refractivity contribution in [1.29, 1.82) is 0 Å². The van der Waals surface area contributed by atoms with Gasteiger partial charge in [0.15, 0.2) is 0 Å². The van der Waals surface area contributed by atoms with Crippen molar-refractivity contribution in [2.24, 2.45) is 12.2 Å². The first-order valence-electron chi connectivity index (χ1n) is 4.63. The van der Waals surface area contributed by atoms with E-state index in [-0.39, 0.29) is 18.1 Å². The summed E-state index contributed by atoms with van der Waals surface area (Å²) in [5.74, 6) is -0.0171. The molecule has 0 spiro atoms. The largest absolute Gasteiger partial charge is 0.396 e. The summed E-state index contributed by atoms with van der Waals surface area (Å²) in [6.07, 6.45) is 0.426. The zero-order valence-electron chi connectivity index (χ0n) is 8.69. The molecule has 0 aromatic carbocycles. The summed E-state index contributed by atoms with van der Waals surface area (Å²) in [6.45, 7) is 0.286. The maximum atomic E-state index is 11.4. The lowest BCUT2D eigenvalue weighted by molar-refractivity contribution is 0.292. The Kier molecular flexibility index (Phi) is 3.95. The lowest BCUT2D eigenvalue weighted by atomic mass is 10.4. The summed E-state index contributed by atoms with van der Waals surface area (Å²) in [5, 5.41) is 13.8. The molecule has 0 aliphatic carbocycles. The molecule has 1 aromatic rings. The summed E-state index contributed by atoms with van der Waals surface area (Å²) >= 11 is 0. The smallest absolute Gasteiger partial charge is 0.329 e. The molecule has 8 heteroatoms. The van der Waals surface area contributed by atoms with Crippen molar-refractivity contribution in [2.45, 2.75) is 6.42 Å². The molecule has 88 valence electrons. The van der Waals surface area contributed by atoms with Crippen molar-refractivity contribution in [1.82, 2.24) is 9.55 Å². The van der Waals surface area contributed by atoms with Gasteiger partial charge in [0.1, 0.15) is 5.82 Å². The van der Waals surface area contributed by atoms with Crippen molar-refractivity contribution >= 4 is 11.5 Å². The van der Waals surface area contributed by atoms with Gasteiger partial charge in [-0.25, -0.2) is 4.79 Å². The van der Waals surface area contributed by atoms with E-state index in [0.29, 0.717) is 13.0 Å². The third kappa shape index (κ3) is 2.34. The van der Waals surface area contributed by atoms with Crippen molar-refractivity contribution in [3.05, 3.63) is 25.7 Å². The van der Waals surface area contributed by atoms with E-state index in [9.17, 15) is 14.5 Å². The minimum Gasteiger partial charge on any atom is -0.396 e. The van der Waals surface area contributed by atoms with E-state index < -0.39 is 11.2 Å².